The van der Waals surface area contributed by atoms with Crippen LogP contribution in [0.1, 0.15) is 27.2 Å². The predicted molar refractivity (Wildman–Crippen MR) is 129 cm³/mol. The average Bonchev–Trinajstić information content (AvgIpc) is 3.42. The molecule has 5 aromatic rings. The smallest absolute Gasteiger partial charge is 0.256 e. The van der Waals surface area contributed by atoms with E-state index in [0.29, 0.717) is 34.0 Å². The van der Waals surface area contributed by atoms with E-state index in [1.165, 1.54) is 11.9 Å². The van der Waals surface area contributed by atoms with Crippen LogP contribution in [0.4, 0.5) is 5.82 Å². The Hall–Kier alpha value is -4.53. The van der Waals surface area contributed by atoms with Crippen LogP contribution in [0.2, 0.25) is 0 Å². The van der Waals surface area contributed by atoms with E-state index < -0.39 is 0 Å². The zero-order valence-corrected chi connectivity index (χ0v) is 19.3. The molecule has 0 saturated carbocycles. The van der Waals surface area contributed by atoms with Crippen molar-refractivity contribution in [2.45, 2.75) is 20.8 Å². The molecule has 0 saturated heterocycles. The summed E-state index contributed by atoms with van der Waals surface area (Å²) in [6.07, 6.45) is 3.20. The first-order chi connectivity index (χ1) is 16.4. The van der Waals surface area contributed by atoms with E-state index in [-0.39, 0.29) is 5.91 Å². The lowest BCUT2D eigenvalue weighted by Gasteiger charge is -2.10. The second-order valence-electron chi connectivity index (χ2n) is 8.05. The molecule has 9 nitrogen and oxygen atoms in total. The van der Waals surface area contributed by atoms with Crippen molar-refractivity contribution in [1.29, 1.82) is 0 Å². The van der Waals surface area contributed by atoms with Gasteiger partial charge in [-0.1, -0.05) is 17.7 Å². The van der Waals surface area contributed by atoms with Crippen LogP contribution in [0, 0.1) is 20.8 Å². The van der Waals surface area contributed by atoms with Crippen LogP contribution in [-0.4, -0.2) is 42.5 Å². The molecule has 1 N–H and O–H groups in total. The summed E-state index contributed by atoms with van der Waals surface area (Å²) in [6, 6.07) is 14.9. The number of fused-ring (bicyclic) bond motifs is 1. The van der Waals surface area contributed by atoms with E-state index >= 15 is 0 Å². The quantitative estimate of drug-likeness (QED) is 0.428. The fourth-order valence-corrected chi connectivity index (χ4v) is 3.90. The highest BCUT2D eigenvalue weighted by molar-refractivity contribution is 6.04. The normalized spacial score (nSPS) is 11.1. The summed E-state index contributed by atoms with van der Waals surface area (Å²) in [6.45, 7) is 5.96. The summed E-state index contributed by atoms with van der Waals surface area (Å²) in [5, 5.41) is 12.8. The molecule has 0 spiro atoms. The van der Waals surface area contributed by atoms with E-state index in [1.807, 2.05) is 26.0 Å². The molecule has 0 aliphatic heterocycles. The van der Waals surface area contributed by atoms with Crippen molar-refractivity contribution in [1.82, 2.24) is 29.5 Å². The Morgan fingerprint density at radius 3 is 2.50 bits per heavy atom. The number of rotatable bonds is 5. The van der Waals surface area contributed by atoms with Gasteiger partial charge in [-0.3, -0.25) is 4.79 Å². The number of benzene rings is 2. The topological polar surface area (TPSA) is 99.8 Å². The molecule has 5 rings (SSSR count). The molecular weight excluding hydrogens is 430 g/mol. The second-order valence-corrected chi connectivity index (χ2v) is 8.05. The van der Waals surface area contributed by atoms with E-state index in [2.05, 4.69) is 38.5 Å². The molecule has 0 fully saturated rings. The fraction of sp³-hybridized carbons (Fsp3) is 0.160. The van der Waals surface area contributed by atoms with Crippen molar-refractivity contribution < 1.29 is 9.53 Å². The van der Waals surface area contributed by atoms with Gasteiger partial charge in [-0.25, -0.2) is 14.6 Å². The van der Waals surface area contributed by atoms with Gasteiger partial charge in [-0.15, -0.1) is 0 Å². The maximum absolute atomic E-state index is 12.9. The van der Waals surface area contributed by atoms with Crippen LogP contribution in [0.5, 0.6) is 5.75 Å². The number of aryl methyl sites for hydroxylation is 3. The van der Waals surface area contributed by atoms with E-state index in [4.69, 9.17) is 4.74 Å². The van der Waals surface area contributed by atoms with Gasteiger partial charge in [0.15, 0.2) is 11.5 Å². The first kappa shape index (κ1) is 21.3. The molecule has 3 heterocycles. The monoisotopic (exact) mass is 453 g/mol. The standard InChI is InChI=1S/C25H23N7O2/c1-15-5-10-21(16(2)11-15)31-23-20(13-28-31)24(27-14-26-23)32-22(12-17(3)30-32)29-25(33)18-6-8-19(34-4)9-7-18/h5-14H,1-4H3,(H,29,33). The largest absolute Gasteiger partial charge is 0.497 e. The van der Waals surface area contributed by atoms with Gasteiger partial charge in [0.05, 0.1) is 30.1 Å². The van der Waals surface area contributed by atoms with Gasteiger partial charge >= 0.3 is 0 Å². The predicted octanol–water partition coefficient (Wildman–Crippen LogP) is 4.19. The fourth-order valence-electron chi connectivity index (χ4n) is 3.90. The zero-order chi connectivity index (χ0) is 23.8. The van der Waals surface area contributed by atoms with Gasteiger partial charge in [0, 0.05) is 11.6 Å². The highest BCUT2D eigenvalue weighted by Gasteiger charge is 2.18. The summed E-state index contributed by atoms with van der Waals surface area (Å²) in [7, 11) is 1.58. The van der Waals surface area contributed by atoms with Gasteiger partial charge in [0.2, 0.25) is 0 Å². The lowest BCUT2D eigenvalue weighted by Crippen LogP contribution is -2.15. The maximum Gasteiger partial charge on any atom is 0.256 e. The van der Waals surface area contributed by atoms with Crippen molar-refractivity contribution in [2.75, 3.05) is 12.4 Å². The van der Waals surface area contributed by atoms with E-state index in [0.717, 1.165) is 16.9 Å². The number of nitrogens with zero attached hydrogens (tertiary/aromatic N) is 6. The Bertz CT molecular complexity index is 1520. The molecule has 34 heavy (non-hydrogen) atoms. The highest BCUT2D eigenvalue weighted by Crippen LogP contribution is 2.26. The number of anilines is 1. The molecule has 170 valence electrons. The van der Waals surface area contributed by atoms with Crippen molar-refractivity contribution in [3.8, 4) is 17.3 Å². The number of carbonyl (C=O) groups excluding carboxylic acids is 1. The minimum absolute atomic E-state index is 0.264. The Morgan fingerprint density at radius 1 is 0.971 bits per heavy atom. The lowest BCUT2D eigenvalue weighted by molar-refractivity contribution is 0.102. The number of carbonyl (C=O) groups is 1. The molecule has 9 heteroatoms. The third kappa shape index (κ3) is 3.77. The number of amides is 1. The zero-order valence-electron chi connectivity index (χ0n) is 19.3. The summed E-state index contributed by atoms with van der Waals surface area (Å²) in [4.78, 5) is 21.8. The highest BCUT2D eigenvalue weighted by atomic mass is 16.5. The van der Waals surface area contributed by atoms with Crippen molar-refractivity contribution in [3.05, 3.63) is 83.4 Å². The maximum atomic E-state index is 12.9. The number of hydrogen-bond acceptors (Lipinski definition) is 6. The minimum Gasteiger partial charge on any atom is -0.497 e. The van der Waals surface area contributed by atoms with Gasteiger partial charge < -0.3 is 10.1 Å². The number of methoxy groups -OCH3 is 1. The van der Waals surface area contributed by atoms with Crippen LogP contribution in [0.25, 0.3) is 22.5 Å². The Morgan fingerprint density at radius 2 is 1.76 bits per heavy atom. The summed E-state index contributed by atoms with van der Waals surface area (Å²) < 4.78 is 8.57. The third-order valence-electron chi connectivity index (χ3n) is 5.55. The van der Waals surface area contributed by atoms with Crippen molar-refractivity contribution in [3.63, 3.8) is 0 Å². The Kier molecular flexibility index (Phi) is 5.29. The van der Waals surface area contributed by atoms with Crippen LogP contribution in [-0.2, 0) is 0 Å². The first-order valence-electron chi connectivity index (χ1n) is 10.7. The van der Waals surface area contributed by atoms with Crippen LogP contribution >= 0.6 is 0 Å². The Balaban J connectivity index is 1.55. The molecule has 0 radical (unpaired) electrons. The molecule has 1 amide bonds. The molecule has 0 bridgehead atoms. The van der Waals surface area contributed by atoms with Gasteiger partial charge in [0.25, 0.3) is 5.91 Å². The third-order valence-corrected chi connectivity index (χ3v) is 5.55. The van der Waals surface area contributed by atoms with Crippen LogP contribution < -0.4 is 10.1 Å². The van der Waals surface area contributed by atoms with Gasteiger partial charge in [-0.2, -0.15) is 14.9 Å². The van der Waals surface area contributed by atoms with E-state index in [1.54, 1.807) is 53.0 Å². The number of hydrogen-bond donors (Lipinski definition) is 1. The Labute approximate surface area is 196 Å². The summed E-state index contributed by atoms with van der Waals surface area (Å²) in [5.74, 6) is 1.44. The van der Waals surface area contributed by atoms with Crippen molar-refractivity contribution >= 4 is 22.8 Å². The van der Waals surface area contributed by atoms with Crippen LogP contribution in [0.15, 0.2) is 61.1 Å². The first-order valence-corrected chi connectivity index (χ1v) is 10.7. The number of aromatic nitrogens is 6. The minimum atomic E-state index is -0.264. The summed E-state index contributed by atoms with van der Waals surface area (Å²) in [5.41, 5.74) is 5.09. The average molecular weight is 454 g/mol. The lowest BCUT2D eigenvalue weighted by atomic mass is 10.1. The van der Waals surface area contributed by atoms with E-state index in [9.17, 15) is 4.79 Å². The summed E-state index contributed by atoms with van der Waals surface area (Å²) >= 11 is 0. The molecule has 3 aromatic heterocycles. The van der Waals surface area contributed by atoms with Gasteiger partial charge in [0.1, 0.15) is 17.9 Å². The molecular formula is C25H23N7O2. The number of nitrogens with one attached hydrogen (secondary N) is 1. The molecule has 2 aromatic carbocycles. The second kappa shape index (κ2) is 8.43. The molecule has 0 unspecified atom stereocenters. The van der Waals surface area contributed by atoms with Crippen molar-refractivity contribution in [2.24, 2.45) is 0 Å². The SMILES string of the molecule is COc1ccc(C(=O)Nc2cc(C)nn2-c2ncnc3c2cnn3-c2ccc(C)cc2C)cc1. The number of ether oxygens (including phenoxy) is 1. The molecule has 0 aliphatic rings. The van der Waals surface area contributed by atoms with Gasteiger partial charge in [-0.05, 0) is 56.7 Å². The van der Waals surface area contributed by atoms with Crippen LogP contribution in [0.3, 0.4) is 0 Å². The molecule has 0 aliphatic carbocycles. The molecule has 0 atom stereocenters.